The van der Waals surface area contributed by atoms with E-state index in [4.69, 9.17) is 5.26 Å². The molecule has 0 saturated carbocycles. The highest BCUT2D eigenvalue weighted by molar-refractivity contribution is 5.94. The number of carbonyl (C=O) groups excluding carboxylic acids is 1. The summed E-state index contributed by atoms with van der Waals surface area (Å²) in [6.07, 6.45) is 1.20. The van der Waals surface area contributed by atoms with Crippen LogP contribution in [-0.4, -0.2) is 16.0 Å². The predicted octanol–water partition coefficient (Wildman–Crippen LogP) is 0.871. The summed E-state index contributed by atoms with van der Waals surface area (Å²) in [5, 5.41) is 14.8. The first kappa shape index (κ1) is 10.8. The lowest BCUT2D eigenvalue weighted by molar-refractivity contribution is 0.0949. The Hall–Kier alpha value is -2.68. The van der Waals surface area contributed by atoms with Crippen molar-refractivity contribution in [3.8, 4) is 6.07 Å². The van der Waals surface area contributed by atoms with Gasteiger partial charge in [0.05, 0.1) is 18.2 Å². The third-order valence-corrected chi connectivity index (χ3v) is 2.09. The van der Waals surface area contributed by atoms with Gasteiger partial charge in [0.2, 0.25) is 6.39 Å². The maximum Gasteiger partial charge on any atom is 0.251 e. The minimum absolute atomic E-state index is 0.204. The molecule has 2 aromatic rings. The van der Waals surface area contributed by atoms with Crippen LogP contribution in [0, 0.1) is 11.3 Å². The Morgan fingerprint density at radius 3 is 2.76 bits per heavy atom. The summed E-state index contributed by atoms with van der Waals surface area (Å²) in [6.45, 7) is 0.204. The van der Waals surface area contributed by atoms with E-state index < -0.39 is 0 Å². The van der Waals surface area contributed by atoms with E-state index in [9.17, 15) is 4.79 Å². The van der Waals surface area contributed by atoms with E-state index in [0.29, 0.717) is 17.0 Å². The lowest BCUT2D eigenvalue weighted by Crippen LogP contribution is -2.23. The lowest BCUT2D eigenvalue weighted by Gasteiger charge is -2.01. The zero-order valence-electron chi connectivity index (χ0n) is 8.75. The van der Waals surface area contributed by atoms with E-state index in [1.54, 1.807) is 24.3 Å². The van der Waals surface area contributed by atoms with Gasteiger partial charge in [-0.3, -0.25) is 4.79 Å². The van der Waals surface area contributed by atoms with E-state index >= 15 is 0 Å². The predicted molar refractivity (Wildman–Crippen MR) is 56.6 cm³/mol. The Balaban J connectivity index is 1.97. The molecule has 2 rings (SSSR count). The van der Waals surface area contributed by atoms with Crippen molar-refractivity contribution >= 4 is 5.91 Å². The summed E-state index contributed by atoms with van der Waals surface area (Å²) in [5.41, 5.74) is 0.993. The second-order valence-electron chi connectivity index (χ2n) is 3.22. The van der Waals surface area contributed by atoms with E-state index in [0.717, 1.165) is 0 Å². The third kappa shape index (κ3) is 2.66. The highest BCUT2D eigenvalue weighted by atomic mass is 16.5. The lowest BCUT2D eigenvalue weighted by atomic mass is 10.1. The second-order valence-corrected chi connectivity index (χ2v) is 3.22. The molecule has 0 fully saturated rings. The summed E-state index contributed by atoms with van der Waals surface area (Å²) >= 11 is 0. The number of nitriles is 1. The molecule has 84 valence electrons. The zero-order valence-corrected chi connectivity index (χ0v) is 8.75. The van der Waals surface area contributed by atoms with Gasteiger partial charge in [0.1, 0.15) is 0 Å². The quantitative estimate of drug-likeness (QED) is 0.841. The van der Waals surface area contributed by atoms with Crippen molar-refractivity contribution in [1.82, 2.24) is 15.5 Å². The van der Waals surface area contributed by atoms with Crippen molar-refractivity contribution in [1.29, 1.82) is 5.26 Å². The van der Waals surface area contributed by atoms with Gasteiger partial charge >= 0.3 is 0 Å². The molecule has 1 aromatic carbocycles. The van der Waals surface area contributed by atoms with Crippen molar-refractivity contribution < 1.29 is 9.32 Å². The van der Waals surface area contributed by atoms with Crippen LogP contribution in [-0.2, 0) is 6.54 Å². The first-order chi connectivity index (χ1) is 8.29. The van der Waals surface area contributed by atoms with Crippen molar-refractivity contribution in [2.45, 2.75) is 6.54 Å². The number of hydrogen-bond acceptors (Lipinski definition) is 5. The molecule has 17 heavy (non-hydrogen) atoms. The molecule has 0 aliphatic rings. The average molecular weight is 228 g/mol. The molecule has 0 bridgehead atoms. The normalized spacial score (nSPS) is 9.59. The van der Waals surface area contributed by atoms with E-state index in [-0.39, 0.29) is 12.5 Å². The van der Waals surface area contributed by atoms with Gasteiger partial charge in [-0.25, -0.2) is 0 Å². The summed E-state index contributed by atoms with van der Waals surface area (Å²) in [6, 6.07) is 8.33. The number of hydrogen-bond donors (Lipinski definition) is 1. The summed E-state index contributed by atoms with van der Waals surface area (Å²) < 4.78 is 4.53. The number of amides is 1. The summed E-state index contributed by atoms with van der Waals surface area (Å²) in [4.78, 5) is 15.4. The van der Waals surface area contributed by atoms with E-state index in [2.05, 4.69) is 20.0 Å². The Morgan fingerprint density at radius 2 is 2.18 bits per heavy atom. The minimum Gasteiger partial charge on any atom is -0.345 e. The van der Waals surface area contributed by atoms with Crippen molar-refractivity contribution in [2.24, 2.45) is 0 Å². The molecule has 1 heterocycles. The van der Waals surface area contributed by atoms with Crippen molar-refractivity contribution in [3.63, 3.8) is 0 Å². The van der Waals surface area contributed by atoms with Crippen LogP contribution in [0.4, 0.5) is 0 Å². The third-order valence-electron chi connectivity index (χ3n) is 2.09. The first-order valence-electron chi connectivity index (χ1n) is 4.83. The maximum absolute atomic E-state index is 11.7. The fourth-order valence-electron chi connectivity index (χ4n) is 1.23. The molecule has 0 saturated heterocycles. The standard InChI is InChI=1S/C11H8N4O2/c12-5-8-1-3-9(4-2-8)11(16)13-6-10-14-7-17-15-10/h1-4,7H,6H2,(H,13,16). The monoisotopic (exact) mass is 228 g/mol. The van der Waals surface area contributed by atoms with Gasteiger partial charge < -0.3 is 9.84 Å². The van der Waals surface area contributed by atoms with Crippen LogP contribution in [0.1, 0.15) is 21.7 Å². The van der Waals surface area contributed by atoms with Gasteiger partial charge in [-0.2, -0.15) is 10.2 Å². The van der Waals surface area contributed by atoms with Crippen LogP contribution < -0.4 is 5.32 Å². The molecule has 1 aromatic heterocycles. The molecule has 0 unspecified atom stereocenters. The van der Waals surface area contributed by atoms with Crippen LogP contribution in [0.2, 0.25) is 0 Å². The van der Waals surface area contributed by atoms with Crippen LogP contribution in [0.15, 0.2) is 35.2 Å². The molecular formula is C11H8N4O2. The molecule has 1 amide bonds. The van der Waals surface area contributed by atoms with Crippen LogP contribution in [0.5, 0.6) is 0 Å². The van der Waals surface area contributed by atoms with Crippen molar-refractivity contribution in [2.75, 3.05) is 0 Å². The first-order valence-corrected chi connectivity index (χ1v) is 4.83. The summed E-state index contributed by atoms with van der Waals surface area (Å²) in [7, 11) is 0. The highest BCUT2D eigenvalue weighted by Gasteiger charge is 2.06. The number of benzene rings is 1. The Kier molecular flexibility index (Phi) is 3.12. The van der Waals surface area contributed by atoms with Crippen LogP contribution in [0.3, 0.4) is 0 Å². The molecule has 0 aliphatic heterocycles. The Bertz CT molecular complexity index is 540. The fourth-order valence-corrected chi connectivity index (χ4v) is 1.23. The second kappa shape index (κ2) is 4.90. The van der Waals surface area contributed by atoms with Crippen molar-refractivity contribution in [3.05, 3.63) is 47.6 Å². The number of nitrogens with zero attached hydrogens (tertiary/aromatic N) is 3. The fraction of sp³-hybridized carbons (Fsp3) is 0.0909. The van der Waals surface area contributed by atoms with E-state index in [1.165, 1.54) is 6.39 Å². The summed E-state index contributed by atoms with van der Waals surface area (Å²) in [5.74, 6) is 0.159. The highest BCUT2D eigenvalue weighted by Crippen LogP contribution is 2.03. The Labute approximate surface area is 96.9 Å². The minimum atomic E-state index is -0.251. The number of aromatic nitrogens is 2. The topological polar surface area (TPSA) is 91.8 Å². The zero-order chi connectivity index (χ0) is 12.1. The molecule has 0 radical (unpaired) electrons. The Morgan fingerprint density at radius 1 is 1.41 bits per heavy atom. The number of rotatable bonds is 3. The molecule has 0 spiro atoms. The SMILES string of the molecule is N#Cc1ccc(C(=O)NCc2ncon2)cc1. The molecule has 6 heteroatoms. The van der Waals surface area contributed by atoms with Gasteiger partial charge in [-0.1, -0.05) is 5.16 Å². The molecular weight excluding hydrogens is 220 g/mol. The molecule has 0 aliphatic carbocycles. The van der Waals surface area contributed by atoms with Gasteiger partial charge in [-0.05, 0) is 24.3 Å². The molecule has 0 atom stereocenters. The van der Waals surface area contributed by atoms with Gasteiger partial charge in [0.25, 0.3) is 5.91 Å². The van der Waals surface area contributed by atoms with Gasteiger partial charge in [0, 0.05) is 5.56 Å². The van der Waals surface area contributed by atoms with Gasteiger partial charge in [0.15, 0.2) is 5.82 Å². The molecule has 1 N–H and O–H groups in total. The van der Waals surface area contributed by atoms with Gasteiger partial charge in [-0.15, -0.1) is 0 Å². The van der Waals surface area contributed by atoms with E-state index in [1.807, 2.05) is 6.07 Å². The maximum atomic E-state index is 11.7. The largest absolute Gasteiger partial charge is 0.345 e. The number of nitrogens with one attached hydrogen (secondary N) is 1. The molecule has 6 nitrogen and oxygen atoms in total. The number of carbonyl (C=O) groups is 1. The van der Waals surface area contributed by atoms with Crippen LogP contribution in [0.25, 0.3) is 0 Å². The smallest absolute Gasteiger partial charge is 0.251 e. The van der Waals surface area contributed by atoms with Crippen LogP contribution >= 0.6 is 0 Å². The average Bonchev–Trinajstić information content (AvgIpc) is 2.89.